The number of carbonyl (C=O) groups excluding carboxylic acids is 4. The van der Waals surface area contributed by atoms with Gasteiger partial charge in [0.05, 0.1) is 23.1 Å². The summed E-state index contributed by atoms with van der Waals surface area (Å²) in [5.74, 6) is -2.92. The molecular weight excluding hydrogens is 596 g/mol. The first-order valence-corrected chi connectivity index (χ1v) is 14.5. The largest absolute Gasteiger partial charge is 0.452 e. The van der Waals surface area contributed by atoms with E-state index in [1.54, 1.807) is 18.2 Å². The number of aryl methyl sites for hydroxylation is 1. The van der Waals surface area contributed by atoms with Crippen molar-refractivity contribution in [3.05, 3.63) is 129 Å². The molecule has 1 saturated heterocycles. The minimum Gasteiger partial charge on any atom is -0.452 e. The van der Waals surface area contributed by atoms with Gasteiger partial charge in [0.1, 0.15) is 0 Å². The van der Waals surface area contributed by atoms with Crippen molar-refractivity contribution >= 4 is 51.0 Å². The Labute approximate surface area is 250 Å². The summed E-state index contributed by atoms with van der Waals surface area (Å²) in [6, 6.07) is 27.8. The number of esters is 1. The number of ether oxygens (including phenoxy) is 1. The van der Waals surface area contributed by atoms with Crippen molar-refractivity contribution in [3.63, 3.8) is 0 Å². The molecule has 3 amide bonds. The summed E-state index contributed by atoms with van der Waals surface area (Å²) in [6.45, 7) is 1.41. The zero-order valence-electron chi connectivity index (χ0n) is 22.5. The normalized spacial score (nSPS) is 21.4. The van der Waals surface area contributed by atoms with Crippen LogP contribution in [-0.2, 0) is 19.1 Å². The van der Waals surface area contributed by atoms with Crippen LogP contribution in [0, 0.1) is 18.8 Å². The highest BCUT2D eigenvalue weighted by Crippen LogP contribution is 2.61. The number of amides is 3. The molecule has 2 atom stereocenters. The number of nitrogens with one attached hydrogen (secondary N) is 1. The first-order valence-electron chi connectivity index (χ1n) is 13.7. The second-order valence-corrected chi connectivity index (χ2v) is 11.8. The Morgan fingerprint density at radius 2 is 1.31 bits per heavy atom. The maximum absolute atomic E-state index is 13.9. The van der Waals surface area contributed by atoms with E-state index in [4.69, 9.17) is 4.74 Å². The third-order valence-electron chi connectivity index (χ3n) is 8.61. The first-order chi connectivity index (χ1) is 20.3. The van der Waals surface area contributed by atoms with Gasteiger partial charge >= 0.3 is 5.97 Å². The number of rotatable bonds is 5. The lowest BCUT2D eigenvalue weighted by Gasteiger charge is -2.45. The summed E-state index contributed by atoms with van der Waals surface area (Å²) in [4.78, 5) is 54.1. The molecule has 0 unspecified atom stereocenters. The van der Waals surface area contributed by atoms with Gasteiger partial charge in [-0.3, -0.25) is 14.4 Å². The summed E-state index contributed by atoms with van der Waals surface area (Å²) >= 11 is 3.39. The number of hydrogen-bond donors (Lipinski definition) is 1. The van der Waals surface area contributed by atoms with Gasteiger partial charge < -0.3 is 10.1 Å². The Morgan fingerprint density at radius 3 is 1.81 bits per heavy atom. The zero-order valence-corrected chi connectivity index (χ0v) is 24.1. The van der Waals surface area contributed by atoms with Gasteiger partial charge in [0.25, 0.3) is 5.91 Å². The van der Waals surface area contributed by atoms with Crippen molar-refractivity contribution < 1.29 is 23.9 Å². The molecule has 1 heterocycles. The van der Waals surface area contributed by atoms with E-state index in [9.17, 15) is 19.2 Å². The fourth-order valence-corrected chi connectivity index (χ4v) is 7.32. The predicted molar refractivity (Wildman–Crippen MR) is 160 cm³/mol. The fraction of sp³-hybridized carbons (Fsp3) is 0.176. The fourth-order valence-electron chi connectivity index (χ4n) is 6.85. The molecule has 8 rings (SSSR count). The smallest absolute Gasteiger partial charge is 0.338 e. The Bertz CT molecular complexity index is 1680. The zero-order chi connectivity index (χ0) is 29.1. The van der Waals surface area contributed by atoms with Crippen molar-refractivity contribution in [1.29, 1.82) is 0 Å². The van der Waals surface area contributed by atoms with Gasteiger partial charge in [0.15, 0.2) is 6.61 Å². The molecule has 8 heteroatoms. The first kappa shape index (κ1) is 26.3. The van der Waals surface area contributed by atoms with Crippen LogP contribution >= 0.6 is 15.9 Å². The van der Waals surface area contributed by atoms with E-state index < -0.39 is 30.3 Å². The highest BCUT2D eigenvalue weighted by molar-refractivity contribution is 9.10. The average Bonchev–Trinajstić information content (AvgIpc) is 3.27. The lowest BCUT2D eigenvalue weighted by molar-refractivity contribution is -0.122. The van der Waals surface area contributed by atoms with Gasteiger partial charge in [-0.1, -0.05) is 64.5 Å². The third-order valence-corrected chi connectivity index (χ3v) is 9.10. The second kappa shape index (κ2) is 10.1. The molecule has 1 N–H and O–H groups in total. The van der Waals surface area contributed by atoms with Gasteiger partial charge in [-0.05, 0) is 77.2 Å². The molecule has 0 spiro atoms. The average molecular weight is 621 g/mol. The Balaban J connectivity index is 1.08. The van der Waals surface area contributed by atoms with Crippen LogP contribution < -0.4 is 10.2 Å². The molecular formula is C34H25BrN2O5. The van der Waals surface area contributed by atoms with Crippen LogP contribution in [0.2, 0.25) is 0 Å². The van der Waals surface area contributed by atoms with Crippen LogP contribution in [0.15, 0.2) is 95.5 Å². The molecule has 208 valence electrons. The minimum absolute atomic E-state index is 0.185. The molecule has 4 aromatic rings. The number of carbonyl (C=O) groups is 4. The van der Waals surface area contributed by atoms with Gasteiger partial charge in [-0.25, -0.2) is 9.69 Å². The van der Waals surface area contributed by atoms with Crippen molar-refractivity contribution in [2.45, 2.75) is 18.8 Å². The second-order valence-electron chi connectivity index (χ2n) is 10.9. The molecule has 4 aromatic carbocycles. The van der Waals surface area contributed by atoms with Crippen molar-refractivity contribution in [2.24, 2.45) is 11.8 Å². The lowest BCUT2D eigenvalue weighted by atomic mass is 9.55. The van der Waals surface area contributed by atoms with E-state index in [1.807, 2.05) is 43.3 Å². The van der Waals surface area contributed by atoms with E-state index >= 15 is 0 Å². The molecule has 0 saturated carbocycles. The molecule has 42 heavy (non-hydrogen) atoms. The van der Waals surface area contributed by atoms with Crippen molar-refractivity contribution in [3.8, 4) is 0 Å². The molecule has 3 aliphatic carbocycles. The number of halogens is 1. The summed E-state index contributed by atoms with van der Waals surface area (Å²) in [7, 11) is 0. The SMILES string of the molecule is Cc1cc(Br)ccc1NC(=O)COC(=O)c1ccc(N2C(=O)[C@H]3C4c5ccccc5C(c5ccccc54)[C@@H]3C2=O)cc1. The molecule has 0 aromatic heterocycles. The Kier molecular flexibility index (Phi) is 6.31. The van der Waals surface area contributed by atoms with Gasteiger partial charge in [0, 0.05) is 22.0 Å². The molecule has 4 aliphatic rings. The van der Waals surface area contributed by atoms with Crippen LogP contribution in [0.25, 0.3) is 0 Å². The summed E-state index contributed by atoms with van der Waals surface area (Å²) in [5, 5.41) is 2.73. The quantitative estimate of drug-likeness (QED) is 0.220. The highest BCUT2D eigenvalue weighted by Gasteiger charge is 2.61. The summed E-state index contributed by atoms with van der Waals surface area (Å²) in [5.41, 5.74) is 6.57. The lowest BCUT2D eigenvalue weighted by Crippen LogP contribution is -2.41. The number of imide groups is 1. The number of nitrogens with zero attached hydrogens (tertiary/aromatic N) is 1. The van der Waals surface area contributed by atoms with E-state index in [2.05, 4.69) is 45.5 Å². The van der Waals surface area contributed by atoms with Crippen LogP contribution in [-0.4, -0.2) is 30.3 Å². The topological polar surface area (TPSA) is 92.8 Å². The van der Waals surface area contributed by atoms with Crippen LogP contribution in [0.3, 0.4) is 0 Å². The Hall–Kier alpha value is -4.56. The molecule has 0 radical (unpaired) electrons. The molecule has 7 nitrogen and oxygen atoms in total. The van der Waals surface area contributed by atoms with Gasteiger partial charge in [-0.15, -0.1) is 0 Å². The maximum Gasteiger partial charge on any atom is 0.338 e. The maximum atomic E-state index is 13.9. The van der Waals surface area contributed by atoms with E-state index in [0.29, 0.717) is 11.4 Å². The summed E-state index contributed by atoms with van der Waals surface area (Å²) < 4.78 is 6.11. The number of anilines is 2. The van der Waals surface area contributed by atoms with Crippen LogP contribution in [0.1, 0.15) is 50.0 Å². The standard InChI is InChI=1S/C34H25BrN2O5/c1-18-16-20(35)12-15-26(18)36-27(38)17-42-34(41)19-10-13-21(14-11-19)37-32(39)30-28-22-6-2-3-7-23(22)29(31(30)33(37)40)25-9-5-4-8-24(25)28/h2-16,28-31H,17H2,1H3,(H,36,38)/t28?,29?,30-,31-/m0/s1. The monoisotopic (exact) mass is 620 g/mol. The molecule has 2 bridgehead atoms. The molecule has 1 fully saturated rings. The van der Waals surface area contributed by atoms with Crippen LogP contribution in [0.4, 0.5) is 11.4 Å². The van der Waals surface area contributed by atoms with E-state index in [0.717, 1.165) is 32.3 Å². The van der Waals surface area contributed by atoms with Crippen molar-refractivity contribution in [2.75, 3.05) is 16.8 Å². The Morgan fingerprint density at radius 1 is 0.786 bits per heavy atom. The van der Waals surface area contributed by atoms with Crippen molar-refractivity contribution in [1.82, 2.24) is 0 Å². The van der Waals surface area contributed by atoms with Gasteiger partial charge in [-0.2, -0.15) is 0 Å². The minimum atomic E-state index is -0.680. The van der Waals surface area contributed by atoms with E-state index in [-0.39, 0.29) is 29.2 Å². The summed E-state index contributed by atoms with van der Waals surface area (Å²) in [6.07, 6.45) is 0. The van der Waals surface area contributed by atoms with Crippen LogP contribution in [0.5, 0.6) is 0 Å². The predicted octanol–water partition coefficient (Wildman–Crippen LogP) is 5.95. The third kappa shape index (κ3) is 4.09. The number of benzene rings is 4. The van der Waals surface area contributed by atoms with E-state index in [1.165, 1.54) is 17.0 Å². The number of hydrogen-bond acceptors (Lipinski definition) is 5. The van der Waals surface area contributed by atoms with Gasteiger partial charge in [0.2, 0.25) is 11.8 Å². The molecule has 1 aliphatic heterocycles. The highest BCUT2D eigenvalue weighted by atomic mass is 79.9.